The van der Waals surface area contributed by atoms with Gasteiger partial charge in [-0.25, -0.2) is 9.67 Å². The fourth-order valence-corrected chi connectivity index (χ4v) is 2.29. The second-order valence-electron chi connectivity index (χ2n) is 4.61. The van der Waals surface area contributed by atoms with Crippen LogP contribution in [0, 0.1) is 0 Å². The Morgan fingerprint density at radius 2 is 2.41 bits per heavy atom. The van der Waals surface area contributed by atoms with Crippen LogP contribution in [-0.2, 0) is 4.79 Å². The van der Waals surface area contributed by atoms with Crippen LogP contribution in [0.4, 0.5) is 0 Å². The van der Waals surface area contributed by atoms with Crippen molar-refractivity contribution in [3.8, 4) is 0 Å². The number of piperidine rings is 1. The largest absolute Gasteiger partial charge is 0.341 e. The van der Waals surface area contributed by atoms with Crippen molar-refractivity contribution in [2.45, 2.75) is 45.1 Å². The van der Waals surface area contributed by atoms with Crippen LogP contribution >= 0.6 is 0 Å². The van der Waals surface area contributed by atoms with Gasteiger partial charge in [0.15, 0.2) is 0 Å². The van der Waals surface area contributed by atoms with E-state index in [0.717, 1.165) is 38.8 Å². The fourth-order valence-electron chi connectivity index (χ4n) is 2.29. The van der Waals surface area contributed by atoms with Crippen molar-refractivity contribution in [1.29, 1.82) is 0 Å². The molecule has 1 aromatic heterocycles. The summed E-state index contributed by atoms with van der Waals surface area (Å²) in [5.74, 6) is 0.289. The molecule has 94 valence electrons. The van der Waals surface area contributed by atoms with E-state index in [1.165, 1.54) is 0 Å². The van der Waals surface area contributed by atoms with Gasteiger partial charge in [0.25, 0.3) is 0 Å². The van der Waals surface area contributed by atoms with Gasteiger partial charge in [0, 0.05) is 19.5 Å². The van der Waals surface area contributed by atoms with Gasteiger partial charge in [-0.15, -0.1) is 0 Å². The van der Waals surface area contributed by atoms with Gasteiger partial charge in [-0.05, 0) is 19.3 Å². The van der Waals surface area contributed by atoms with Crippen LogP contribution < -0.4 is 0 Å². The van der Waals surface area contributed by atoms with E-state index >= 15 is 0 Å². The van der Waals surface area contributed by atoms with Crippen LogP contribution in [0.3, 0.4) is 0 Å². The second kappa shape index (κ2) is 5.80. The maximum Gasteiger partial charge on any atom is 0.222 e. The minimum atomic E-state index is 0.289. The molecule has 0 spiro atoms. The number of hydrogen-bond acceptors (Lipinski definition) is 3. The van der Waals surface area contributed by atoms with Crippen molar-refractivity contribution < 1.29 is 4.79 Å². The van der Waals surface area contributed by atoms with Crippen LogP contribution in [0.2, 0.25) is 0 Å². The van der Waals surface area contributed by atoms with E-state index in [-0.39, 0.29) is 5.91 Å². The normalized spacial score (nSPS) is 20.5. The standard InChI is InChI=1S/C12H20N4O/c1-2-3-6-12(17)15-7-4-5-11(8-15)16-10-13-9-14-16/h9-11H,2-8H2,1H3. The van der Waals surface area contributed by atoms with E-state index in [4.69, 9.17) is 0 Å². The Kier molecular flexibility index (Phi) is 4.12. The number of hydrogen-bond donors (Lipinski definition) is 0. The van der Waals surface area contributed by atoms with E-state index in [9.17, 15) is 4.79 Å². The first-order valence-electron chi connectivity index (χ1n) is 6.43. The minimum Gasteiger partial charge on any atom is -0.341 e. The van der Waals surface area contributed by atoms with Crippen LogP contribution in [-0.4, -0.2) is 38.7 Å². The summed E-state index contributed by atoms with van der Waals surface area (Å²) < 4.78 is 1.87. The van der Waals surface area contributed by atoms with E-state index in [2.05, 4.69) is 17.0 Å². The van der Waals surface area contributed by atoms with E-state index in [1.807, 2.05) is 9.58 Å². The van der Waals surface area contributed by atoms with Crippen molar-refractivity contribution in [2.75, 3.05) is 13.1 Å². The maximum absolute atomic E-state index is 12.0. The third-order valence-corrected chi connectivity index (χ3v) is 3.30. The van der Waals surface area contributed by atoms with Gasteiger partial charge < -0.3 is 4.90 Å². The van der Waals surface area contributed by atoms with Crippen molar-refractivity contribution in [1.82, 2.24) is 19.7 Å². The van der Waals surface area contributed by atoms with Crippen LogP contribution in [0.1, 0.15) is 45.1 Å². The van der Waals surface area contributed by atoms with Gasteiger partial charge in [0.05, 0.1) is 6.04 Å². The summed E-state index contributed by atoms with van der Waals surface area (Å²) in [5.41, 5.74) is 0. The average molecular weight is 236 g/mol. The molecule has 0 bridgehead atoms. The zero-order valence-electron chi connectivity index (χ0n) is 10.4. The molecule has 2 rings (SSSR count). The molecular formula is C12H20N4O. The number of carbonyl (C=O) groups excluding carboxylic acids is 1. The van der Waals surface area contributed by atoms with Crippen molar-refractivity contribution in [3.05, 3.63) is 12.7 Å². The van der Waals surface area contributed by atoms with Gasteiger partial charge in [-0.2, -0.15) is 5.10 Å². The quantitative estimate of drug-likeness (QED) is 0.798. The predicted octanol–water partition coefficient (Wildman–Crippen LogP) is 1.63. The van der Waals surface area contributed by atoms with Crippen molar-refractivity contribution >= 4 is 5.91 Å². The molecule has 1 aliphatic rings. The summed E-state index contributed by atoms with van der Waals surface area (Å²) in [6, 6.07) is 0.303. The lowest BCUT2D eigenvalue weighted by Crippen LogP contribution is -2.40. The first-order valence-corrected chi connectivity index (χ1v) is 6.43. The summed E-state index contributed by atoms with van der Waals surface area (Å²) in [6.45, 7) is 3.79. The first kappa shape index (κ1) is 12.1. The number of rotatable bonds is 4. The second-order valence-corrected chi connectivity index (χ2v) is 4.61. The average Bonchev–Trinajstić information content (AvgIpc) is 2.90. The lowest BCUT2D eigenvalue weighted by atomic mass is 10.1. The smallest absolute Gasteiger partial charge is 0.222 e. The summed E-state index contributed by atoms with van der Waals surface area (Å²) in [6.07, 6.45) is 8.18. The monoisotopic (exact) mass is 236 g/mol. The van der Waals surface area contributed by atoms with Gasteiger partial charge in [0.2, 0.25) is 5.91 Å². The van der Waals surface area contributed by atoms with Crippen molar-refractivity contribution in [3.63, 3.8) is 0 Å². The highest BCUT2D eigenvalue weighted by Crippen LogP contribution is 2.21. The van der Waals surface area contributed by atoms with Gasteiger partial charge in [-0.3, -0.25) is 4.79 Å². The number of amides is 1. The third kappa shape index (κ3) is 3.05. The number of nitrogens with zero attached hydrogens (tertiary/aromatic N) is 4. The molecule has 1 fully saturated rings. The Balaban J connectivity index is 1.90. The van der Waals surface area contributed by atoms with Crippen LogP contribution in [0.5, 0.6) is 0 Å². The first-order chi connectivity index (χ1) is 8.31. The van der Waals surface area contributed by atoms with E-state index < -0.39 is 0 Å². The number of carbonyl (C=O) groups is 1. The summed E-state index contributed by atoms with van der Waals surface area (Å²) in [7, 11) is 0. The zero-order chi connectivity index (χ0) is 12.1. The van der Waals surface area contributed by atoms with Gasteiger partial charge in [0.1, 0.15) is 12.7 Å². The molecule has 1 atom stereocenters. The minimum absolute atomic E-state index is 0.289. The Morgan fingerprint density at radius 3 is 3.12 bits per heavy atom. The molecule has 1 aliphatic heterocycles. The lowest BCUT2D eigenvalue weighted by molar-refractivity contribution is -0.133. The highest BCUT2D eigenvalue weighted by molar-refractivity contribution is 5.76. The summed E-state index contributed by atoms with van der Waals surface area (Å²) >= 11 is 0. The molecule has 1 amide bonds. The lowest BCUT2D eigenvalue weighted by Gasteiger charge is -2.32. The Hall–Kier alpha value is -1.39. The van der Waals surface area contributed by atoms with Gasteiger partial charge in [-0.1, -0.05) is 13.3 Å². The highest BCUT2D eigenvalue weighted by Gasteiger charge is 2.24. The van der Waals surface area contributed by atoms with E-state index in [0.29, 0.717) is 12.5 Å². The molecule has 1 unspecified atom stereocenters. The molecule has 0 saturated carbocycles. The summed E-state index contributed by atoms with van der Waals surface area (Å²) in [5, 5.41) is 4.16. The molecule has 17 heavy (non-hydrogen) atoms. The third-order valence-electron chi connectivity index (χ3n) is 3.30. The number of likely N-dealkylation sites (tertiary alicyclic amines) is 1. The number of unbranched alkanes of at least 4 members (excludes halogenated alkanes) is 1. The zero-order valence-corrected chi connectivity index (χ0v) is 10.4. The number of aromatic nitrogens is 3. The summed E-state index contributed by atoms with van der Waals surface area (Å²) in [4.78, 5) is 17.9. The van der Waals surface area contributed by atoms with Gasteiger partial charge >= 0.3 is 0 Å². The van der Waals surface area contributed by atoms with Crippen molar-refractivity contribution in [2.24, 2.45) is 0 Å². The Morgan fingerprint density at radius 1 is 1.53 bits per heavy atom. The molecule has 0 aliphatic carbocycles. The highest BCUT2D eigenvalue weighted by atomic mass is 16.2. The maximum atomic E-state index is 12.0. The topological polar surface area (TPSA) is 51.0 Å². The molecule has 5 nitrogen and oxygen atoms in total. The fraction of sp³-hybridized carbons (Fsp3) is 0.750. The molecule has 1 saturated heterocycles. The SMILES string of the molecule is CCCCC(=O)N1CCCC(n2cncn2)C1. The molecule has 0 radical (unpaired) electrons. The molecular weight excluding hydrogens is 216 g/mol. The van der Waals surface area contributed by atoms with Crippen LogP contribution in [0.25, 0.3) is 0 Å². The molecule has 1 aromatic rings. The Bertz CT molecular complexity index is 349. The predicted molar refractivity (Wildman–Crippen MR) is 64.4 cm³/mol. The molecule has 5 heteroatoms. The molecule has 2 heterocycles. The van der Waals surface area contributed by atoms with E-state index in [1.54, 1.807) is 12.7 Å². The Labute approximate surface area is 102 Å². The van der Waals surface area contributed by atoms with Crippen LogP contribution in [0.15, 0.2) is 12.7 Å². The molecule has 0 aromatic carbocycles. The molecule has 0 N–H and O–H groups in total.